The molecule has 0 aliphatic carbocycles. The number of nitrogens with two attached hydrogens (primary N) is 2. The lowest BCUT2D eigenvalue weighted by Gasteiger charge is -2.10. The van der Waals surface area contributed by atoms with Crippen molar-refractivity contribution in [3.8, 4) is 0 Å². The maximum absolute atomic E-state index is 11.5. The number of nitrogens with zero attached hydrogens (tertiary/aromatic N) is 3. The molecule has 0 radical (unpaired) electrons. The van der Waals surface area contributed by atoms with Crippen molar-refractivity contribution in [1.29, 1.82) is 0 Å². The van der Waals surface area contributed by atoms with Crippen molar-refractivity contribution in [2.45, 2.75) is 24.9 Å². The van der Waals surface area contributed by atoms with E-state index in [1.807, 2.05) is 0 Å². The molecule has 2 aromatic rings. The summed E-state index contributed by atoms with van der Waals surface area (Å²) in [5.74, 6) is 0.474. The maximum Gasteiger partial charge on any atom is 0.271 e. The minimum absolute atomic E-state index is 0.200. The Kier molecular flexibility index (Phi) is 3.94. The van der Waals surface area contributed by atoms with Gasteiger partial charge in [0.1, 0.15) is 17.8 Å². The third kappa shape index (κ3) is 2.74. The average molecular weight is 306 g/mol. The number of fused-ring (bicyclic) bond motifs is 1. The third-order valence-electron chi connectivity index (χ3n) is 3.54. The van der Waals surface area contributed by atoms with E-state index in [2.05, 4.69) is 15.0 Å². The zero-order chi connectivity index (χ0) is 15.7. The molecule has 6 N–H and O–H groups in total. The Hall–Kier alpha value is -2.20. The molecule has 116 valence electrons. The van der Waals surface area contributed by atoms with Gasteiger partial charge in [-0.1, -0.05) is 0 Å². The van der Waals surface area contributed by atoms with Gasteiger partial charge in [0, 0.05) is 6.07 Å². The fraction of sp³-hybridized carbons (Fsp3) is 0.385. The third-order valence-corrected chi connectivity index (χ3v) is 3.54. The summed E-state index contributed by atoms with van der Waals surface area (Å²) in [6.07, 6.45) is -0.139. The zero-order valence-electron chi connectivity index (χ0n) is 11.6. The molecule has 9 nitrogen and oxygen atoms in total. The largest absolute Gasteiger partial charge is 0.398 e. The molecule has 3 atom stereocenters. The number of hydrogen-bond acceptors (Lipinski definition) is 8. The first-order valence-corrected chi connectivity index (χ1v) is 6.79. The minimum atomic E-state index is -0.737. The van der Waals surface area contributed by atoms with Gasteiger partial charge >= 0.3 is 0 Å². The summed E-state index contributed by atoms with van der Waals surface area (Å²) in [6, 6.07) is 2.72. The van der Waals surface area contributed by atoms with Crippen LogP contribution < -0.4 is 16.6 Å². The predicted octanol–water partition coefficient (Wildman–Crippen LogP) is -2.37. The second-order valence-corrected chi connectivity index (χ2v) is 5.06. The van der Waals surface area contributed by atoms with Crippen LogP contribution in [0, 0.1) is 0 Å². The van der Waals surface area contributed by atoms with Crippen LogP contribution in [0.15, 0.2) is 23.3 Å². The van der Waals surface area contributed by atoms with E-state index in [9.17, 15) is 9.90 Å². The minimum Gasteiger partial charge on any atom is -0.398 e. The van der Waals surface area contributed by atoms with E-state index in [4.69, 9.17) is 15.6 Å². The highest BCUT2D eigenvalue weighted by molar-refractivity contribution is 5.92. The number of anilines is 1. The highest BCUT2D eigenvalue weighted by Crippen LogP contribution is 2.21. The molecule has 0 aromatic carbocycles. The topological polar surface area (TPSA) is 148 Å². The van der Waals surface area contributed by atoms with Crippen molar-refractivity contribution in [3.63, 3.8) is 0 Å². The van der Waals surface area contributed by atoms with Gasteiger partial charge in [0.2, 0.25) is 5.82 Å². The molecular formula is C13H16N5O4+. The summed E-state index contributed by atoms with van der Waals surface area (Å²) in [7, 11) is 0. The molecule has 0 bridgehead atoms. The molecule has 1 fully saturated rings. The molecule has 9 heteroatoms. The molecule has 0 amide bonds. The Morgan fingerprint density at radius 1 is 1.41 bits per heavy atom. The standard InChI is InChI=1S/C13H15N5O4/c14-6-1-2-9(21)17-12-11(6)13(16-5-15-12)18-10-3-7(20)8(4-19)22-10/h1-2,5,7-8,10,19-20H,3-4,14H2,(H,15,16,17,18,21)/p+1. The van der Waals surface area contributed by atoms with Crippen molar-refractivity contribution in [1.82, 2.24) is 15.0 Å². The van der Waals surface area contributed by atoms with Crippen LogP contribution in [0.25, 0.3) is 11.0 Å². The second-order valence-electron chi connectivity index (χ2n) is 5.06. The highest BCUT2D eigenvalue weighted by atomic mass is 16.5. The number of rotatable bonds is 3. The quantitative estimate of drug-likeness (QED) is 0.492. The van der Waals surface area contributed by atoms with E-state index < -0.39 is 24.0 Å². The Labute approximate surface area is 124 Å². The molecule has 0 spiro atoms. The predicted molar refractivity (Wildman–Crippen MR) is 76.0 cm³/mol. The van der Waals surface area contributed by atoms with Crippen LogP contribution in [0.5, 0.6) is 0 Å². The lowest BCUT2D eigenvalue weighted by Crippen LogP contribution is -2.85. The van der Waals surface area contributed by atoms with Gasteiger partial charge in [0.05, 0.1) is 24.8 Å². The molecule has 0 saturated carbocycles. The van der Waals surface area contributed by atoms with Crippen LogP contribution in [-0.2, 0) is 4.74 Å². The number of aromatic nitrogens is 3. The van der Waals surface area contributed by atoms with Crippen molar-refractivity contribution in [2.24, 2.45) is 0 Å². The molecule has 1 saturated heterocycles. The van der Waals surface area contributed by atoms with Crippen LogP contribution >= 0.6 is 0 Å². The molecular weight excluding hydrogens is 290 g/mol. The number of aliphatic hydroxyl groups excluding tert-OH is 2. The summed E-state index contributed by atoms with van der Waals surface area (Å²) in [6.45, 7) is -0.256. The van der Waals surface area contributed by atoms with Crippen molar-refractivity contribution in [3.05, 3.63) is 28.8 Å². The van der Waals surface area contributed by atoms with Crippen LogP contribution in [0.3, 0.4) is 0 Å². The van der Waals surface area contributed by atoms with Crippen LogP contribution in [0.1, 0.15) is 6.42 Å². The van der Waals surface area contributed by atoms with Gasteiger partial charge in [-0.25, -0.2) is 4.98 Å². The summed E-state index contributed by atoms with van der Waals surface area (Å²) in [5.41, 5.74) is 6.03. The number of aliphatic hydroxyl groups is 2. The molecule has 3 unspecified atom stereocenters. The summed E-state index contributed by atoms with van der Waals surface area (Å²) < 4.78 is 5.52. The van der Waals surface area contributed by atoms with Crippen LogP contribution in [0.4, 0.5) is 11.5 Å². The van der Waals surface area contributed by atoms with Gasteiger partial charge in [-0.3, -0.25) is 10.1 Å². The highest BCUT2D eigenvalue weighted by Gasteiger charge is 2.36. The Morgan fingerprint density at radius 2 is 2.23 bits per heavy atom. The number of nitrogen functional groups attached to an aromatic ring is 1. The fourth-order valence-corrected chi connectivity index (χ4v) is 2.47. The van der Waals surface area contributed by atoms with E-state index in [0.29, 0.717) is 23.3 Å². The van der Waals surface area contributed by atoms with E-state index in [0.717, 1.165) is 0 Å². The van der Waals surface area contributed by atoms with E-state index >= 15 is 0 Å². The van der Waals surface area contributed by atoms with Gasteiger partial charge in [-0.15, -0.1) is 0 Å². The zero-order valence-corrected chi connectivity index (χ0v) is 11.6. The maximum atomic E-state index is 11.5. The molecule has 2 aromatic heterocycles. The Bertz CT molecular complexity index is 756. The Morgan fingerprint density at radius 3 is 2.95 bits per heavy atom. The van der Waals surface area contributed by atoms with E-state index in [1.165, 1.54) is 18.5 Å². The summed E-state index contributed by atoms with van der Waals surface area (Å²) in [4.78, 5) is 23.5. The molecule has 3 heterocycles. The van der Waals surface area contributed by atoms with Crippen molar-refractivity contribution >= 4 is 22.5 Å². The fourth-order valence-electron chi connectivity index (χ4n) is 2.47. The smallest absolute Gasteiger partial charge is 0.271 e. The van der Waals surface area contributed by atoms with Crippen molar-refractivity contribution in [2.75, 3.05) is 12.3 Å². The van der Waals surface area contributed by atoms with Gasteiger partial charge in [-0.05, 0) is 6.07 Å². The summed E-state index contributed by atoms with van der Waals surface area (Å²) >= 11 is 0. The molecule has 3 rings (SSSR count). The molecule has 1 aliphatic heterocycles. The van der Waals surface area contributed by atoms with Gasteiger partial charge in [0.25, 0.3) is 5.56 Å². The molecule has 1 aliphatic rings. The Balaban J connectivity index is 1.99. The van der Waals surface area contributed by atoms with Crippen LogP contribution in [-0.4, -0.2) is 50.2 Å². The van der Waals surface area contributed by atoms with Crippen molar-refractivity contribution < 1.29 is 20.3 Å². The van der Waals surface area contributed by atoms with Gasteiger partial charge < -0.3 is 20.7 Å². The second kappa shape index (κ2) is 5.89. The lowest BCUT2D eigenvalue weighted by molar-refractivity contribution is -0.654. The number of hydrogen-bond donors (Lipinski definition) is 4. The van der Waals surface area contributed by atoms with Gasteiger partial charge in [-0.2, -0.15) is 9.97 Å². The first kappa shape index (κ1) is 14.7. The number of quaternary nitrogens is 1. The lowest BCUT2D eigenvalue weighted by atomic mass is 10.2. The normalized spacial score (nSPS) is 24.7. The monoisotopic (exact) mass is 306 g/mol. The van der Waals surface area contributed by atoms with Gasteiger partial charge in [0.15, 0.2) is 11.9 Å². The van der Waals surface area contributed by atoms with E-state index in [1.54, 1.807) is 5.32 Å². The first-order chi connectivity index (χ1) is 10.6. The van der Waals surface area contributed by atoms with E-state index in [-0.39, 0.29) is 12.3 Å². The SMILES string of the molecule is Nc1ccc(=O)nc2ncnc([NH2+]C3CC(O)C(CO)O3)c12. The van der Waals surface area contributed by atoms with Crippen LogP contribution in [0.2, 0.25) is 0 Å². The summed E-state index contributed by atoms with van der Waals surface area (Å²) in [5, 5.41) is 21.0. The molecule has 22 heavy (non-hydrogen) atoms. The first-order valence-electron chi connectivity index (χ1n) is 6.79. The average Bonchev–Trinajstić information content (AvgIpc) is 2.77. The number of ether oxygens (including phenoxy) is 1.